The molecule has 0 atom stereocenters. The minimum Gasteiger partial charge on any atom is -0.310 e. The van der Waals surface area contributed by atoms with Crippen LogP contribution in [0.5, 0.6) is 0 Å². The molecule has 0 bridgehead atoms. The van der Waals surface area contributed by atoms with Crippen molar-refractivity contribution < 1.29 is 8.42 Å². The van der Waals surface area contributed by atoms with Gasteiger partial charge in [0.05, 0.1) is 23.2 Å². The molecular weight excluding hydrogens is 252 g/mol. The molecule has 0 radical (unpaired) electrons. The molecule has 1 rings (SSSR count). The molecule has 0 aliphatic carbocycles. The monoisotopic (exact) mass is 274 g/mol. The lowest BCUT2D eigenvalue weighted by Crippen LogP contribution is -2.24. The molecule has 0 fully saturated rings. The molecule has 18 heavy (non-hydrogen) atoms. The summed E-state index contributed by atoms with van der Waals surface area (Å²) in [7, 11) is -2.90. The Morgan fingerprint density at radius 2 is 2.06 bits per heavy atom. The highest BCUT2D eigenvalue weighted by molar-refractivity contribution is 7.91. The van der Waals surface area contributed by atoms with E-state index in [2.05, 4.69) is 15.6 Å². The van der Waals surface area contributed by atoms with Crippen molar-refractivity contribution in [3.05, 3.63) is 11.9 Å². The second-order valence-electron chi connectivity index (χ2n) is 5.24. The van der Waals surface area contributed by atoms with Gasteiger partial charge in [0, 0.05) is 18.8 Å². The van der Waals surface area contributed by atoms with E-state index in [-0.39, 0.29) is 17.0 Å². The summed E-state index contributed by atoms with van der Waals surface area (Å²) in [5, 5.41) is 11.1. The average Bonchev–Trinajstić information content (AvgIpc) is 2.73. The second-order valence-corrected chi connectivity index (χ2v) is 7.71. The zero-order chi connectivity index (χ0) is 13.8. The Morgan fingerprint density at radius 1 is 1.39 bits per heavy atom. The van der Waals surface area contributed by atoms with Crippen molar-refractivity contribution in [1.29, 1.82) is 0 Å². The van der Waals surface area contributed by atoms with Crippen LogP contribution in [0.2, 0.25) is 0 Å². The first kappa shape index (κ1) is 15.1. The average molecular weight is 274 g/mol. The minimum atomic E-state index is -2.90. The Morgan fingerprint density at radius 3 is 2.56 bits per heavy atom. The van der Waals surface area contributed by atoms with Crippen molar-refractivity contribution in [2.24, 2.45) is 0 Å². The van der Waals surface area contributed by atoms with Crippen molar-refractivity contribution >= 4 is 9.84 Å². The van der Waals surface area contributed by atoms with Crippen molar-refractivity contribution in [3.8, 4) is 0 Å². The molecule has 1 heterocycles. The van der Waals surface area contributed by atoms with Crippen molar-refractivity contribution in [2.75, 3.05) is 18.1 Å². The molecule has 0 spiro atoms. The molecule has 0 aromatic carbocycles. The summed E-state index contributed by atoms with van der Waals surface area (Å²) in [5.74, 6) is 0.353. The summed E-state index contributed by atoms with van der Waals surface area (Å²) in [6, 6.07) is 0. The van der Waals surface area contributed by atoms with Gasteiger partial charge in [-0.15, -0.1) is 5.10 Å². The summed E-state index contributed by atoms with van der Waals surface area (Å²) in [4.78, 5) is 0. The molecule has 1 N–H and O–H groups in total. The zero-order valence-corrected chi connectivity index (χ0v) is 12.3. The summed E-state index contributed by atoms with van der Waals surface area (Å²) in [6.07, 6.45) is 1.88. The summed E-state index contributed by atoms with van der Waals surface area (Å²) >= 11 is 0. The van der Waals surface area contributed by atoms with Gasteiger partial charge in [-0.2, -0.15) is 0 Å². The van der Waals surface area contributed by atoms with Gasteiger partial charge in [0.15, 0.2) is 9.84 Å². The number of rotatable bonds is 6. The highest BCUT2D eigenvalue weighted by Gasteiger charge is 2.14. The lowest BCUT2D eigenvalue weighted by atomic mass is 10.1. The van der Waals surface area contributed by atoms with Crippen LogP contribution >= 0.6 is 0 Å². The lowest BCUT2D eigenvalue weighted by molar-refractivity contribution is 0.347. The summed E-state index contributed by atoms with van der Waals surface area (Å²) in [5.41, 5.74) is 0.732. The number of nitrogens with one attached hydrogen (secondary N) is 1. The topological polar surface area (TPSA) is 76.9 Å². The third-order valence-electron chi connectivity index (χ3n) is 2.56. The smallest absolute Gasteiger partial charge is 0.151 e. The molecule has 0 aliphatic heterocycles. The molecule has 0 saturated heterocycles. The first-order chi connectivity index (χ1) is 8.24. The number of hydrogen-bond donors (Lipinski definition) is 1. The number of sulfone groups is 1. The SMILES string of the molecule is CCS(=O)(=O)CCNCc1cn(C(C)(C)C)nn1. The molecule has 1 aromatic heterocycles. The number of aromatic nitrogens is 3. The molecule has 7 heteroatoms. The normalized spacial score (nSPS) is 12.9. The fourth-order valence-electron chi connectivity index (χ4n) is 1.30. The molecule has 0 amide bonds. The van der Waals surface area contributed by atoms with E-state index in [9.17, 15) is 8.42 Å². The summed E-state index contributed by atoms with van der Waals surface area (Å²) in [6.45, 7) is 8.78. The van der Waals surface area contributed by atoms with Crippen LogP contribution in [-0.4, -0.2) is 41.5 Å². The predicted octanol–water partition coefficient (Wildman–Crippen LogP) is 0.557. The van der Waals surface area contributed by atoms with Crippen LogP contribution < -0.4 is 5.32 Å². The Hall–Kier alpha value is -0.950. The van der Waals surface area contributed by atoms with Gasteiger partial charge in [-0.3, -0.25) is 0 Å². The summed E-state index contributed by atoms with van der Waals surface area (Å²) < 4.78 is 24.3. The van der Waals surface area contributed by atoms with Gasteiger partial charge < -0.3 is 5.32 Å². The van der Waals surface area contributed by atoms with Gasteiger partial charge in [0.1, 0.15) is 0 Å². The van der Waals surface area contributed by atoms with Crippen molar-refractivity contribution in [1.82, 2.24) is 20.3 Å². The van der Waals surface area contributed by atoms with E-state index < -0.39 is 9.84 Å². The van der Waals surface area contributed by atoms with Crippen molar-refractivity contribution in [2.45, 2.75) is 39.8 Å². The van der Waals surface area contributed by atoms with Gasteiger partial charge in [0.2, 0.25) is 0 Å². The van der Waals surface area contributed by atoms with Crippen LogP contribution in [-0.2, 0) is 21.9 Å². The van der Waals surface area contributed by atoms with E-state index in [0.29, 0.717) is 13.1 Å². The van der Waals surface area contributed by atoms with Crippen LogP contribution in [0.3, 0.4) is 0 Å². The molecular formula is C11H22N4O2S. The maximum absolute atomic E-state index is 11.3. The van der Waals surface area contributed by atoms with E-state index in [1.54, 1.807) is 11.6 Å². The molecule has 0 saturated carbocycles. The Balaban J connectivity index is 2.39. The third-order valence-corrected chi connectivity index (χ3v) is 4.27. The maximum Gasteiger partial charge on any atom is 0.151 e. The van der Waals surface area contributed by atoms with Crippen molar-refractivity contribution in [3.63, 3.8) is 0 Å². The lowest BCUT2D eigenvalue weighted by Gasteiger charge is -2.17. The van der Waals surface area contributed by atoms with Gasteiger partial charge in [-0.05, 0) is 20.8 Å². The predicted molar refractivity (Wildman–Crippen MR) is 71.1 cm³/mol. The standard InChI is InChI=1S/C11H22N4O2S/c1-5-18(16,17)7-6-12-8-10-9-15(14-13-10)11(2,3)4/h9,12H,5-8H2,1-4H3. The highest BCUT2D eigenvalue weighted by atomic mass is 32.2. The van der Waals surface area contributed by atoms with E-state index >= 15 is 0 Å². The largest absolute Gasteiger partial charge is 0.310 e. The van der Waals surface area contributed by atoms with Gasteiger partial charge in [-0.25, -0.2) is 13.1 Å². The van der Waals surface area contributed by atoms with E-state index in [0.717, 1.165) is 5.69 Å². The Kier molecular flexibility index (Phi) is 4.86. The maximum atomic E-state index is 11.3. The second kappa shape index (κ2) is 5.79. The highest BCUT2D eigenvalue weighted by Crippen LogP contribution is 2.11. The van der Waals surface area contributed by atoms with Crippen LogP contribution in [0, 0.1) is 0 Å². The molecule has 0 aliphatic rings. The Labute approximate surface area is 109 Å². The van der Waals surface area contributed by atoms with Crippen LogP contribution in [0.4, 0.5) is 0 Å². The van der Waals surface area contributed by atoms with E-state index in [1.807, 2.05) is 27.0 Å². The van der Waals surface area contributed by atoms with Gasteiger partial charge >= 0.3 is 0 Å². The molecule has 6 nitrogen and oxygen atoms in total. The fourth-order valence-corrected chi connectivity index (χ4v) is 2.04. The quantitative estimate of drug-likeness (QED) is 0.767. The van der Waals surface area contributed by atoms with Crippen LogP contribution in [0.25, 0.3) is 0 Å². The first-order valence-corrected chi connectivity index (χ1v) is 7.89. The first-order valence-electron chi connectivity index (χ1n) is 6.07. The molecule has 104 valence electrons. The fraction of sp³-hybridized carbons (Fsp3) is 0.818. The third kappa shape index (κ3) is 4.73. The number of hydrogen-bond acceptors (Lipinski definition) is 5. The Bertz CT molecular complexity index is 473. The van der Waals surface area contributed by atoms with Crippen LogP contribution in [0.1, 0.15) is 33.4 Å². The van der Waals surface area contributed by atoms with Crippen LogP contribution in [0.15, 0.2) is 6.20 Å². The minimum absolute atomic E-state index is 0.0865. The molecule has 1 aromatic rings. The number of nitrogens with zero attached hydrogens (tertiary/aromatic N) is 3. The van der Waals surface area contributed by atoms with Gasteiger partial charge in [-0.1, -0.05) is 12.1 Å². The van der Waals surface area contributed by atoms with Gasteiger partial charge in [0.25, 0.3) is 0 Å². The molecule has 0 unspecified atom stereocenters. The van der Waals surface area contributed by atoms with E-state index in [4.69, 9.17) is 0 Å². The van der Waals surface area contributed by atoms with E-state index in [1.165, 1.54) is 0 Å². The zero-order valence-electron chi connectivity index (χ0n) is 11.5.